The number of aromatic nitrogens is 4. The Kier molecular flexibility index (Phi) is 6.27. The molecule has 8 nitrogen and oxygen atoms in total. The molecule has 0 spiro atoms. The second kappa shape index (κ2) is 8.85. The van der Waals surface area contributed by atoms with Crippen LogP contribution < -0.4 is 10.9 Å². The molecule has 0 saturated heterocycles. The quantitative estimate of drug-likeness (QED) is 0.489. The summed E-state index contributed by atoms with van der Waals surface area (Å²) in [6, 6.07) is 12.4. The first-order valence-electron chi connectivity index (χ1n) is 8.29. The van der Waals surface area contributed by atoms with Gasteiger partial charge in [-0.1, -0.05) is 47.6 Å². The summed E-state index contributed by atoms with van der Waals surface area (Å²) in [4.78, 5) is 24.1. The van der Waals surface area contributed by atoms with E-state index in [9.17, 15) is 9.59 Å². The summed E-state index contributed by atoms with van der Waals surface area (Å²) in [5, 5.41) is 12.5. The van der Waals surface area contributed by atoms with Crippen LogP contribution in [0.2, 0.25) is 5.02 Å². The maximum Gasteiger partial charge on any atom is 0.271 e. The number of nitrogens with zero attached hydrogens (tertiary/aromatic N) is 4. The molecule has 3 aromatic rings. The first kappa shape index (κ1) is 19.8. The average molecular weight is 417 g/mol. The topological polar surface area (TPSA) is 102 Å². The Bertz CT molecular complexity index is 1020. The van der Waals surface area contributed by atoms with Crippen molar-refractivity contribution < 1.29 is 9.59 Å². The molecular formula is C18H17ClN6O2S. The fraction of sp³-hybridized carbons (Fsp3) is 0.167. The second-order valence-corrected chi connectivity index (χ2v) is 7.21. The number of benzene rings is 2. The molecular weight excluding hydrogens is 400 g/mol. The summed E-state index contributed by atoms with van der Waals surface area (Å²) in [5.41, 5.74) is 7.98. The number of nitrogens with one attached hydrogen (secondary N) is 2. The lowest BCUT2D eigenvalue weighted by atomic mass is 10.1. The second-order valence-electron chi connectivity index (χ2n) is 5.86. The van der Waals surface area contributed by atoms with Crippen LogP contribution in [0.4, 0.5) is 0 Å². The standard InChI is InChI=1S/C18H17ClN6O2S/c1-11-6-5-9-15(12(11)2)25-18(22-23-24-25)28-10-16(26)20-21-17(27)13-7-3-4-8-14(13)19/h3-9H,10H2,1-2H3,(H,20,26)(H,21,27). The largest absolute Gasteiger partial charge is 0.272 e. The summed E-state index contributed by atoms with van der Waals surface area (Å²) in [6.45, 7) is 3.99. The zero-order valence-electron chi connectivity index (χ0n) is 15.1. The third kappa shape index (κ3) is 4.49. The van der Waals surface area contributed by atoms with Gasteiger partial charge < -0.3 is 0 Å². The van der Waals surface area contributed by atoms with Gasteiger partial charge in [0.25, 0.3) is 5.91 Å². The molecule has 0 fully saturated rings. The normalized spacial score (nSPS) is 10.5. The molecule has 0 unspecified atom stereocenters. The maximum atomic E-state index is 12.1. The van der Waals surface area contributed by atoms with Crippen LogP contribution in [-0.4, -0.2) is 37.8 Å². The van der Waals surface area contributed by atoms with Gasteiger partial charge in [-0.25, -0.2) is 0 Å². The molecule has 2 aromatic carbocycles. The van der Waals surface area contributed by atoms with Crippen molar-refractivity contribution >= 4 is 35.2 Å². The molecule has 0 aliphatic heterocycles. The van der Waals surface area contributed by atoms with E-state index < -0.39 is 11.8 Å². The lowest BCUT2D eigenvalue weighted by molar-refractivity contribution is -0.119. The fourth-order valence-electron chi connectivity index (χ4n) is 2.39. The van der Waals surface area contributed by atoms with Gasteiger partial charge in [-0.2, -0.15) is 4.68 Å². The first-order chi connectivity index (χ1) is 13.5. The molecule has 144 valence electrons. The van der Waals surface area contributed by atoms with E-state index in [1.165, 1.54) is 0 Å². The van der Waals surface area contributed by atoms with E-state index in [2.05, 4.69) is 26.4 Å². The van der Waals surface area contributed by atoms with Crippen molar-refractivity contribution in [2.24, 2.45) is 0 Å². The molecule has 0 aliphatic rings. The number of amides is 2. The molecule has 1 aromatic heterocycles. The zero-order chi connectivity index (χ0) is 20.1. The molecule has 2 N–H and O–H groups in total. The lowest BCUT2D eigenvalue weighted by Crippen LogP contribution is -2.42. The molecule has 0 saturated carbocycles. The minimum atomic E-state index is -0.496. The van der Waals surface area contributed by atoms with Gasteiger partial charge in [-0.15, -0.1) is 5.10 Å². The Morgan fingerprint density at radius 1 is 1.11 bits per heavy atom. The minimum absolute atomic E-state index is 0.0219. The van der Waals surface area contributed by atoms with Gasteiger partial charge >= 0.3 is 0 Å². The number of thioether (sulfide) groups is 1. The molecule has 2 amide bonds. The van der Waals surface area contributed by atoms with Crippen LogP contribution in [-0.2, 0) is 4.79 Å². The van der Waals surface area contributed by atoms with Crippen LogP contribution in [0.5, 0.6) is 0 Å². The highest BCUT2D eigenvalue weighted by Gasteiger charge is 2.15. The number of carbonyl (C=O) groups excluding carboxylic acids is 2. The van der Waals surface area contributed by atoms with Crippen molar-refractivity contribution in [1.29, 1.82) is 0 Å². The van der Waals surface area contributed by atoms with Crippen molar-refractivity contribution in [3.05, 3.63) is 64.2 Å². The number of carbonyl (C=O) groups is 2. The number of hydrogen-bond acceptors (Lipinski definition) is 6. The van der Waals surface area contributed by atoms with Gasteiger partial charge in [0, 0.05) is 0 Å². The molecule has 3 rings (SSSR count). The Balaban J connectivity index is 1.59. The summed E-state index contributed by atoms with van der Waals surface area (Å²) in [5.74, 6) is -0.876. The van der Waals surface area contributed by atoms with Crippen molar-refractivity contribution in [3.63, 3.8) is 0 Å². The minimum Gasteiger partial charge on any atom is -0.272 e. The summed E-state index contributed by atoms with van der Waals surface area (Å²) < 4.78 is 1.59. The average Bonchev–Trinajstić information content (AvgIpc) is 3.15. The van der Waals surface area contributed by atoms with Gasteiger partial charge in [0.1, 0.15) is 0 Å². The number of hydrogen-bond donors (Lipinski definition) is 2. The predicted molar refractivity (Wildman–Crippen MR) is 106 cm³/mol. The highest BCUT2D eigenvalue weighted by atomic mass is 35.5. The third-order valence-electron chi connectivity index (χ3n) is 4.01. The fourth-order valence-corrected chi connectivity index (χ4v) is 3.30. The Labute approximate surface area is 170 Å². The van der Waals surface area contributed by atoms with Crippen molar-refractivity contribution in [2.75, 3.05) is 5.75 Å². The van der Waals surface area contributed by atoms with Crippen molar-refractivity contribution in [3.8, 4) is 5.69 Å². The van der Waals surface area contributed by atoms with Gasteiger partial charge in [0.05, 0.1) is 22.0 Å². The van der Waals surface area contributed by atoms with E-state index in [0.717, 1.165) is 28.6 Å². The van der Waals surface area contributed by atoms with Crippen LogP contribution in [0.3, 0.4) is 0 Å². The number of aryl methyl sites for hydroxylation is 1. The molecule has 10 heteroatoms. The van der Waals surface area contributed by atoms with Crippen LogP contribution in [0, 0.1) is 13.8 Å². The van der Waals surface area contributed by atoms with Gasteiger partial charge in [0.15, 0.2) is 0 Å². The predicted octanol–water partition coefficient (Wildman–Crippen LogP) is 2.49. The van der Waals surface area contributed by atoms with Crippen LogP contribution >= 0.6 is 23.4 Å². The van der Waals surface area contributed by atoms with E-state index >= 15 is 0 Å². The van der Waals surface area contributed by atoms with Crippen molar-refractivity contribution in [2.45, 2.75) is 19.0 Å². The lowest BCUT2D eigenvalue weighted by Gasteiger charge is -2.10. The molecule has 0 atom stereocenters. The number of hydrazine groups is 1. The molecule has 1 heterocycles. The van der Waals surface area contributed by atoms with Crippen LogP contribution in [0.1, 0.15) is 21.5 Å². The maximum absolute atomic E-state index is 12.1. The number of tetrazole rings is 1. The molecule has 28 heavy (non-hydrogen) atoms. The highest BCUT2D eigenvalue weighted by Crippen LogP contribution is 2.22. The third-order valence-corrected chi connectivity index (χ3v) is 5.26. The molecule has 0 bridgehead atoms. The van der Waals surface area contributed by atoms with E-state index in [1.807, 2.05) is 32.0 Å². The number of rotatable bonds is 5. The Hall–Kier alpha value is -2.91. The SMILES string of the molecule is Cc1cccc(-n2nnnc2SCC(=O)NNC(=O)c2ccccc2Cl)c1C. The van der Waals surface area contributed by atoms with E-state index in [-0.39, 0.29) is 11.3 Å². The summed E-state index contributed by atoms with van der Waals surface area (Å²) in [6.07, 6.45) is 0. The van der Waals surface area contributed by atoms with Crippen LogP contribution in [0.15, 0.2) is 47.6 Å². The monoisotopic (exact) mass is 416 g/mol. The van der Waals surface area contributed by atoms with Gasteiger partial charge in [-0.05, 0) is 53.6 Å². The van der Waals surface area contributed by atoms with Gasteiger partial charge in [0.2, 0.25) is 11.1 Å². The smallest absolute Gasteiger partial charge is 0.271 e. The van der Waals surface area contributed by atoms with Crippen LogP contribution in [0.25, 0.3) is 5.69 Å². The van der Waals surface area contributed by atoms with Gasteiger partial charge in [-0.3, -0.25) is 20.4 Å². The van der Waals surface area contributed by atoms with Crippen molar-refractivity contribution in [1.82, 2.24) is 31.1 Å². The summed E-state index contributed by atoms with van der Waals surface area (Å²) in [7, 11) is 0. The highest BCUT2D eigenvalue weighted by molar-refractivity contribution is 7.99. The summed E-state index contributed by atoms with van der Waals surface area (Å²) >= 11 is 7.12. The Morgan fingerprint density at radius 2 is 1.89 bits per heavy atom. The zero-order valence-corrected chi connectivity index (χ0v) is 16.7. The van der Waals surface area contributed by atoms with E-state index in [0.29, 0.717) is 10.2 Å². The Morgan fingerprint density at radius 3 is 2.68 bits per heavy atom. The van der Waals surface area contributed by atoms with E-state index in [4.69, 9.17) is 11.6 Å². The number of halogens is 1. The van der Waals surface area contributed by atoms with E-state index in [1.54, 1.807) is 28.9 Å². The molecule has 0 radical (unpaired) electrons. The first-order valence-corrected chi connectivity index (χ1v) is 9.65. The molecule has 0 aliphatic carbocycles.